The van der Waals surface area contributed by atoms with E-state index in [9.17, 15) is 20.2 Å². The van der Waals surface area contributed by atoms with Crippen LogP contribution in [-0.2, 0) is 16.0 Å². The van der Waals surface area contributed by atoms with Gasteiger partial charge in [-0.2, -0.15) is 0 Å². The van der Waals surface area contributed by atoms with E-state index in [1.54, 1.807) is 0 Å². The highest BCUT2D eigenvalue weighted by atomic mass is 16.8. The highest BCUT2D eigenvalue weighted by Gasteiger charge is 2.48. The minimum atomic E-state index is -1.22. The number of hydrogen-bond donors (Lipinski definition) is 0. The molecule has 140 valence electrons. The first-order valence-corrected chi connectivity index (χ1v) is 8.02. The van der Waals surface area contributed by atoms with E-state index >= 15 is 0 Å². The lowest BCUT2D eigenvalue weighted by Gasteiger charge is -2.31. The number of methoxy groups -OCH3 is 1. The Hall–Kier alpha value is -2.95. The molecule has 2 heterocycles. The molecule has 0 aliphatic carbocycles. The second kappa shape index (κ2) is 7.12. The van der Waals surface area contributed by atoms with Crippen molar-refractivity contribution in [1.82, 2.24) is 0 Å². The van der Waals surface area contributed by atoms with Crippen LogP contribution in [0.1, 0.15) is 37.2 Å². The van der Waals surface area contributed by atoms with E-state index in [4.69, 9.17) is 19.0 Å². The van der Waals surface area contributed by atoms with Crippen molar-refractivity contribution in [2.45, 2.75) is 38.6 Å². The van der Waals surface area contributed by atoms with Crippen LogP contribution in [0.2, 0.25) is 0 Å². The zero-order valence-electron chi connectivity index (χ0n) is 14.2. The molecule has 11 heteroatoms. The number of amidine groups is 1. The number of nitro benzene ring substituents is 1. The fourth-order valence-corrected chi connectivity index (χ4v) is 2.93. The molecule has 2 aliphatic rings. The van der Waals surface area contributed by atoms with Gasteiger partial charge in [-0.3, -0.25) is 15.0 Å². The molecule has 0 N–H and O–H groups in total. The second-order valence-corrected chi connectivity index (χ2v) is 5.75. The van der Waals surface area contributed by atoms with Gasteiger partial charge in [0.05, 0.1) is 24.7 Å². The van der Waals surface area contributed by atoms with Gasteiger partial charge in [0.15, 0.2) is 22.8 Å². The van der Waals surface area contributed by atoms with Gasteiger partial charge in [0.2, 0.25) is 0 Å². The van der Waals surface area contributed by atoms with Gasteiger partial charge in [-0.1, -0.05) is 13.3 Å². The molecule has 0 saturated carbocycles. The highest BCUT2D eigenvalue weighted by molar-refractivity contribution is 5.80. The Morgan fingerprint density at radius 1 is 1.35 bits per heavy atom. The van der Waals surface area contributed by atoms with Crippen molar-refractivity contribution < 1.29 is 28.9 Å². The number of nitro groups is 2. The first kappa shape index (κ1) is 17.9. The maximum atomic E-state index is 11.5. The van der Waals surface area contributed by atoms with Gasteiger partial charge in [-0.15, -0.1) is 0 Å². The van der Waals surface area contributed by atoms with E-state index in [2.05, 4.69) is 5.16 Å². The van der Waals surface area contributed by atoms with Gasteiger partial charge in [0.1, 0.15) is 5.56 Å². The van der Waals surface area contributed by atoms with Crippen molar-refractivity contribution in [3.05, 3.63) is 37.4 Å². The summed E-state index contributed by atoms with van der Waals surface area (Å²) >= 11 is 0. The van der Waals surface area contributed by atoms with E-state index in [-0.39, 0.29) is 23.4 Å². The predicted octanol–water partition coefficient (Wildman–Crippen LogP) is 2.34. The summed E-state index contributed by atoms with van der Waals surface area (Å²) in [7, 11) is 1.37. The summed E-state index contributed by atoms with van der Waals surface area (Å²) in [5, 5.41) is 26.1. The fourth-order valence-electron chi connectivity index (χ4n) is 2.93. The van der Waals surface area contributed by atoms with E-state index in [0.717, 1.165) is 12.8 Å². The molecule has 2 atom stereocenters. The molecule has 0 spiro atoms. The molecule has 11 nitrogen and oxygen atoms in total. The first-order chi connectivity index (χ1) is 12.5. The maximum absolute atomic E-state index is 11.5. The van der Waals surface area contributed by atoms with Crippen LogP contribution < -0.4 is 9.47 Å². The number of nitrogens with zero attached hydrogens (tertiary/aromatic N) is 3. The number of fused-ring (bicyclic) bond motifs is 4. The Morgan fingerprint density at radius 3 is 2.73 bits per heavy atom. The van der Waals surface area contributed by atoms with Gasteiger partial charge >= 0.3 is 5.84 Å². The Morgan fingerprint density at radius 2 is 2.12 bits per heavy atom. The minimum Gasteiger partial charge on any atom is -0.493 e. The lowest BCUT2D eigenvalue weighted by atomic mass is 9.93. The van der Waals surface area contributed by atoms with E-state index in [1.807, 2.05) is 6.92 Å². The summed E-state index contributed by atoms with van der Waals surface area (Å²) in [6.07, 6.45) is -0.540. The number of ether oxygens (including phenoxy) is 3. The fraction of sp³-hybridized carbons (Fsp3) is 0.533. The largest absolute Gasteiger partial charge is 0.493 e. The Kier molecular flexibility index (Phi) is 4.89. The number of oxime groups is 1. The van der Waals surface area contributed by atoms with E-state index in [1.165, 1.54) is 13.2 Å². The molecule has 0 fully saturated rings. The van der Waals surface area contributed by atoms with Crippen molar-refractivity contribution in [3.8, 4) is 11.5 Å². The van der Waals surface area contributed by atoms with Crippen LogP contribution >= 0.6 is 0 Å². The van der Waals surface area contributed by atoms with Crippen LogP contribution in [0.4, 0.5) is 5.69 Å². The number of unbranched alkanes of at least 4 members (excludes halogenated alkanes) is 1. The van der Waals surface area contributed by atoms with Crippen LogP contribution in [0.25, 0.3) is 0 Å². The maximum Gasteiger partial charge on any atom is 0.414 e. The molecule has 2 aliphatic heterocycles. The average Bonchev–Trinajstić information content (AvgIpc) is 2.61. The lowest BCUT2D eigenvalue weighted by Crippen LogP contribution is -2.41. The van der Waals surface area contributed by atoms with Crippen LogP contribution in [0.15, 0.2) is 11.2 Å². The lowest BCUT2D eigenvalue weighted by molar-refractivity contribution is -0.391. The number of hydrogen-bond acceptors (Lipinski definition) is 9. The van der Waals surface area contributed by atoms with Crippen molar-refractivity contribution in [3.63, 3.8) is 0 Å². The summed E-state index contributed by atoms with van der Waals surface area (Å²) in [6, 6.07) is 1.24. The van der Waals surface area contributed by atoms with Crippen LogP contribution in [0.3, 0.4) is 0 Å². The number of benzene rings is 1. The zero-order valence-corrected chi connectivity index (χ0v) is 14.2. The third-order valence-corrected chi connectivity index (χ3v) is 4.16. The quantitative estimate of drug-likeness (QED) is 0.424. The Labute approximate surface area is 147 Å². The molecule has 0 radical (unpaired) electrons. The van der Waals surface area contributed by atoms with Gasteiger partial charge in [-0.05, 0) is 11.3 Å². The molecule has 0 aromatic heterocycles. The van der Waals surface area contributed by atoms with E-state index < -0.39 is 28.1 Å². The van der Waals surface area contributed by atoms with Crippen molar-refractivity contribution in [2.24, 2.45) is 5.16 Å². The van der Waals surface area contributed by atoms with Crippen LogP contribution in [-0.4, -0.2) is 35.5 Å². The van der Waals surface area contributed by atoms with Crippen molar-refractivity contribution in [2.75, 3.05) is 13.7 Å². The Balaban J connectivity index is 2.12. The molecule has 0 amide bonds. The van der Waals surface area contributed by atoms with Crippen LogP contribution in [0.5, 0.6) is 11.5 Å². The standard InChI is InChI=1S/C15H17N3O8/c1-3-4-5-24-13-8-6-11-14(18(21)22)16-26-15(25-11)12(8)9(17(19)20)7-10(13)23-2/h7,11,15H,3-6H2,1-2H3/t11-,15-/m1/s1. The monoisotopic (exact) mass is 367 g/mol. The molecular formula is C15H17N3O8. The van der Waals surface area contributed by atoms with Crippen molar-refractivity contribution in [1.29, 1.82) is 0 Å². The molecule has 26 heavy (non-hydrogen) atoms. The normalized spacial score (nSPS) is 20.5. The molecular weight excluding hydrogens is 350 g/mol. The zero-order chi connectivity index (χ0) is 18.8. The molecule has 3 rings (SSSR count). The highest BCUT2D eigenvalue weighted by Crippen LogP contribution is 2.48. The SMILES string of the molecule is CCCCOc1c(OC)cc([N+](=O)[O-])c2c1C[C@H]1O[C@@H]2ON=C1[N+](=O)[O-]. The smallest absolute Gasteiger partial charge is 0.414 e. The summed E-state index contributed by atoms with van der Waals surface area (Å²) in [6.45, 7) is 2.38. The Bertz CT molecular complexity index is 779. The van der Waals surface area contributed by atoms with Crippen molar-refractivity contribution >= 4 is 11.5 Å². The van der Waals surface area contributed by atoms with Gasteiger partial charge in [0.25, 0.3) is 12.0 Å². The minimum absolute atomic E-state index is 0.00545. The van der Waals surface area contributed by atoms with E-state index in [0.29, 0.717) is 17.9 Å². The third-order valence-electron chi connectivity index (χ3n) is 4.16. The summed E-state index contributed by atoms with van der Waals surface area (Å²) in [5.74, 6) is 0.0102. The summed E-state index contributed by atoms with van der Waals surface area (Å²) in [4.78, 5) is 26.3. The third kappa shape index (κ3) is 3.01. The second-order valence-electron chi connectivity index (χ2n) is 5.75. The molecule has 0 saturated heterocycles. The molecule has 0 unspecified atom stereocenters. The first-order valence-electron chi connectivity index (χ1n) is 8.02. The van der Waals surface area contributed by atoms with Gasteiger partial charge in [-0.25, -0.2) is 0 Å². The average molecular weight is 367 g/mol. The summed E-state index contributed by atoms with van der Waals surface area (Å²) < 4.78 is 16.5. The molecule has 1 aromatic rings. The topological polar surface area (TPSA) is 136 Å². The van der Waals surface area contributed by atoms with Gasteiger partial charge < -0.3 is 24.3 Å². The van der Waals surface area contributed by atoms with Gasteiger partial charge in [0, 0.05) is 12.0 Å². The predicted molar refractivity (Wildman–Crippen MR) is 86.9 cm³/mol. The number of rotatable bonds is 6. The summed E-state index contributed by atoms with van der Waals surface area (Å²) in [5.41, 5.74) is 0.273. The van der Waals surface area contributed by atoms with Crippen LogP contribution in [0, 0.1) is 20.2 Å². The molecule has 2 bridgehead atoms. The molecule has 1 aromatic carbocycles.